The van der Waals surface area contributed by atoms with Crippen LogP contribution >= 0.6 is 0 Å². The zero-order valence-corrected chi connectivity index (χ0v) is 12.7. The number of anilines is 1. The van der Waals surface area contributed by atoms with Crippen molar-refractivity contribution in [2.75, 3.05) is 5.32 Å². The largest absolute Gasteiger partial charge is 0.473 e. The number of hydrogen-bond donors (Lipinski definition) is 1. The topological polar surface area (TPSA) is 34.1 Å². The van der Waals surface area contributed by atoms with Gasteiger partial charge in [0.15, 0.2) is 0 Å². The van der Waals surface area contributed by atoms with Crippen molar-refractivity contribution in [2.45, 2.75) is 45.8 Å². The molecule has 3 nitrogen and oxygen atoms in total. The van der Waals surface area contributed by atoms with E-state index in [9.17, 15) is 0 Å². The van der Waals surface area contributed by atoms with Crippen molar-refractivity contribution in [2.24, 2.45) is 0 Å². The second-order valence-electron chi connectivity index (χ2n) is 5.83. The molecule has 110 valence electrons. The Hall–Kier alpha value is -2.03. The fourth-order valence-electron chi connectivity index (χ4n) is 2.77. The van der Waals surface area contributed by atoms with E-state index in [4.69, 9.17) is 4.74 Å². The summed E-state index contributed by atoms with van der Waals surface area (Å²) in [6.45, 7) is 4.82. The molecule has 0 saturated carbocycles. The lowest BCUT2D eigenvalue weighted by atomic mass is 10.1. The van der Waals surface area contributed by atoms with Crippen LogP contribution in [0.4, 0.5) is 5.69 Å². The summed E-state index contributed by atoms with van der Waals surface area (Å²) in [6, 6.07) is 10.8. The van der Waals surface area contributed by atoms with Gasteiger partial charge >= 0.3 is 0 Å². The van der Waals surface area contributed by atoms with Gasteiger partial charge < -0.3 is 10.1 Å². The van der Waals surface area contributed by atoms with Gasteiger partial charge in [0.25, 0.3) is 0 Å². The highest BCUT2D eigenvalue weighted by molar-refractivity contribution is 5.52. The van der Waals surface area contributed by atoms with Crippen LogP contribution in [0.15, 0.2) is 36.5 Å². The van der Waals surface area contributed by atoms with Crippen LogP contribution in [-0.4, -0.2) is 11.1 Å². The standard InChI is InChI=1S/C18H22N2O/c1-13(2)21-18-17(7-4-10-19-18)20-12-14-8-9-15-5-3-6-16(15)11-14/h4,7-11,13,20H,3,5-6,12H2,1-2H3. The van der Waals surface area contributed by atoms with E-state index < -0.39 is 0 Å². The van der Waals surface area contributed by atoms with E-state index in [1.165, 1.54) is 36.0 Å². The number of pyridine rings is 1. The Bertz CT molecular complexity index is 622. The summed E-state index contributed by atoms with van der Waals surface area (Å²) in [5, 5.41) is 3.44. The third kappa shape index (κ3) is 3.35. The van der Waals surface area contributed by atoms with Gasteiger partial charge in [-0.3, -0.25) is 0 Å². The first-order valence-corrected chi connectivity index (χ1v) is 7.68. The molecule has 1 aromatic carbocycles. The molecule has 0 fully saturated rings. The molecule has 0 amide bonds. The van der Waals surface area contributed by atoms with Crippen LogP contribution in [0.25, 0.3) is 0 Å². The normalized spacial score (nSPS) is 13.3. The molecule has 0 spiro atoms. The number of aryl methyl sites for hydroxylation is 2. The maximum Gasteiger partial charge on any atom is 0.237 e. The van der Waals surface area contributed by atoms with Gasteiger partial charge in [0.2, 0.25) is 5.88 Å². The highest BCUT2D eigenvalue weighted by atomic mass is 16.5. The van der Waals surface area contributed by atoms with Crippen molar-refractivity contribution < 1.29 is 4.74 Å². The summed E-state index contributed by atoms with van der Waals surface area (Å²) in [7, 11) is 0. The van der Waals surface area contributed by atoms with Gasteiger partial charge in [-0.1, -0.05) is 18.2 Å². The van der Waals surface area contributed by atoms with Gasteiger partial charge in [-0.2, -0.15) is 0 Å². The summed E-state index contributed by atoms with van der Waals surface area (Å²) in [5.74, 6) is 0.675. The third-order valence-corrected chi connectivity index (χ3v) is 3.76. The molecule has 1 aliphatic carbocycles. The summed E-state index contributed by atoms with van der Waals surface area (Å²) in [4.78, 5) is 4.30. The molecule has 2 aromatic rings. The fourth-order valence-corrected chi connectivity index (χ4v) is 2.77. The average Bonchev–Trinajstić information content (AvgIpc) is 2.93. The second-order valence-corrected chi connectivity index (χ2v) is 5.83. The quantitative estimate of drug-likeness (QED) is 0.901. The first-order chi connectivity index (χ1) is 10.2. The molecule has 0 unspecified atom stereocenters. The molecule has 0 atom stereocenters. The number of benzene rings is 1. The predicted octanol–water partition coefficient (Wildman–Crippen LogP) is 3.97. The van der Waals surface area contributed by atoms with Crippen LogP contribution in [0.5, 0.6) is 5.88 Å². The van der Waals surface area contributed by atoms with Gasteiger partial charge in [-0.15, -0.1) is 0 Å². The smallest absolute Gasteiger partial charge is 0.237 e. The molecule has 0 radical (unpaired) electrons. The Kier molecular flexibility index (Phi) is 4.09. The summed E-state index contributed by atoms with van der Waals surface area (Å²) in [5.41, 5.74) is 5.30. The summed E-state index contributed by atoms with van der Waals surface area (Å²) < 4.78 is 5.73. The van der Waals surface area contributed by atoms with Gasteiger partial charge in [0.05, 0.1) is 11.8 Å². The Morgan fingerprint density at radius 3 is 2.90 bits per heavy atom. The number of nitrogens with one attached hydrogen (secondary N) is 1. The molecule has 1 N–H and O–H groups in total. The van der Waals surface area contributed by atoms with E-state index in [2.05, 4.69) is 28.5 Å². The lowest BCUT2D eigenvalue weighted by molar-refractivity contribution is 0.234. The molecule has 0 saturated heterocycles. The monoisotopic (exact) mass is 282 g/mol. The lowest BCUT2D eigenvalue weighted by Gasteiger charge is -2.14. The van der Waals surface area contributed by atoms with Crippen LogP contribution in [-0.2, 0) is 19.4 Å². The third-order valence-electron chi connectivity index (χ3n) is 3.76. The minimum Gasteiger partial charge on any atom is -0.473 e. The first-order valence-electron chi connectivity index (χ1n) is 7.68. The Morgan fingerprint density at radius 2 is 2.05 bits per heavy atom. The van der Waals surface area contributed by atoms with Crippen molar-refractivity contribution in [1.29, 1.82) is 0 Å². The van der Waals surface area contributed by atoms with E-state index in [1.807, 2.05) is 26.0 Å². The van der Waals surface area contributed by atoms with Crippen LogP contribution in [0.1, 0.15) is 37.0 Å². The SMILES string of the molecule is CC(C)Oc1ncccc1NCc1ccc2c(c1)CCC2. The van der Waals surface area contributed by atoms with Crippen molar-refractivity contribution in [3.8, 4) is 5.88 Å². The molecule has 3 heteroatoms. The van der Waals surface area contributed by atoms with Gasteiger partial charge in [0.1, 0.15) is 0 Å². The van der Waals surface area contributed by atoms with Gasteiger partial charge in [-0.25, -0.2) is 4.98 Å². The number of rotatable bonds is 5. The Balaban J connectivity index is 1.70. The van der Waals surface area contributed by atoms with Crippen molar-refractivity contribution in [3.63, 3.8) is 0 Å². The van der Waals surface area contributed by atoms with Crippen LogP contribution in [0.3, 0.4) is 0 Å². The van der Waals surface area contributed by atoms with Crippen LogP contribution in [0.2, 0.25) is 0 Å². The number of aromatic nitrogens is 1. The van der Waals surface area contributed by atoms with Crippen LogP contribution in [0, 0.1) is 0 Å². The summed E-state index contributed by atoms with van der Waals surface area (Å²) >= 11 is 0. The number of fused-ring (bicyclic) bond motifs is 1. The van der Waals surface area contributed by atoms with Crippen molar-refractivity contribution in [3.05, 3.63) is 53.2 Å². The Labute approximate surface area is 126 Å². The highest BCUT2D eigenvalue weighted by Crippen LogP contribution is 2.25. The number of ether oxygens (including phenoxy) is 1. The van der Waals surface area contributed by atoms with Crippen molar-refractivity contribution >= 4 is 5.69 Å². The van der Waals surface area contributed by atoms with Crippen LogP contribution < -0.4 is 10.1 Å². The molecule has 0 aliphatic heterocycles. The Morgan fingerprint density at radius 1 is 1.19 bits per heavy atom. The van der Waals surface area contributed by atoms with Gasteiger partial charge in [-0.05, 0) is 61.9 Å². The minimum absolute atomic E-state index is 0.125. The van der Waals surface area contributed by atoms with E-state index in [0.29, 0.717) is 5.88 Å². The molecule has 21 heavy (non-hydrogen) atoms. The molecule has 0 bridgehead atoms. The molecule has 1 aromatic heterocycles. The number of nitrogens with zero attached hydrogens (tertiary/aromatic N) is 1. The molecular weight excluding hydrogens is 260 g/mol. The van der Waals surface area contributed by atoms with E-state index in [-0.39, 0.29) is 6.10 Å². The highest BCUT2D eigenvalue weighted by Gasteiger charge is 2.11. The summed E-state index contributed by atoms with van der Waals surface area (Å²) in [6.07, 6.45) is 5.63. The second kappa shape index (κ2) is 6.17. The lowest BCUT2D eigenvalue weighted by Crippen LogP contribution is -2.10. The van der Waals surface area contributed by atoms with E-state index >= 15 is 0 Å². The predicted molar refractivity (Wildman–Crippen MR) is 85.8 cm³/mol. The average molecular weight is 282 g/mol. The molecular formula is C18H22N2O. The zero-order chi connectivity index (χ0) is 14.7. The molecule has 3 rings (SSSR count). The van der Waals surface area contributed by atoms with Gasteiger partial charge in [0, 0.05) is 12.7 Å². The first kappa shape index (κ1) is 13.9. The fraction of sp³-hybridized carbons (Fsp3) is 0.389. The number of hydrogen-bond acceptors (Lipinski definition) is 3. The maximum atomic E-state index is 5.73. The van der Waals surface area contributed by atoms with Crippen molar-refractivity contribution in [1.82, 2.24) is 4.98 Å². The minimum atomic E-state index is 0.125. The molecule has 1 heterocycles. The molecule has 1 aliphatic rings. The maximum absolute atomic E-state index is 5.73. The zero-order valence-electron chi connectivity index (χ0n) is 12.7. The van der Waals surface area contributed by atoms with E-state index in [1.54, 1.807) is 6.20 Å². The van der Waals surface area contributed by atoms with E-state index in [0.717, 1.165) is 12.2 Å².